The molecule has 4 rings (SSSR count). The number of carbonyl (C=O) groups excluding carboxylic acids is 1. The Hall–Kier alpha value is -2.62. The number of rotatable bonds is 2. The van der Waals surface area contributed by atoms with Gasteiger partial charge in [0.1, 0.15) is 5.75 Å². The molecule has 0 spiro atoms. The fraction of sp³-hybridized carbons (Fsp3) is 0.222. The van der Waals surface area contributed by atoms with Gasteiger partial charge in [-0.1, -0.05) is 48.5 Å². The first-order valence-corrected chi connectivity index (χ1v) is 7.41. The van der Waals surface area contributed by atoms with Crippen molar-refractivity contribution >= 4 is 11.5 Å². The molecule has 2 atom stereocenters. The zero-order valence-electron chi connectivity index (χ0n) is 12.3. The van der Waals surface area contributed by atoms with Crippen molar-refractivity contribution in [3.8, 4) is 5.75 Å². The lowest BCUT2D eigenvalue weighted by molar-refractivity contribution is -0.135. The second kappa shape index (κ2) is 4.98. The van der Waals surface area contributed by atoms with Crippen molar-refractivity contribution in [3.63, 3.8) is 0 Å². The summed E-state index contributed by atoms with van der Waals surface area (Å²) in [6, 6.07) is 18.0. The van der Waals surface area contributed by atoms with Gasteiger partial charge in [0.05, 0.1) is 11.8 Å². The first-order chi connectivity index (χ1) is 10.7. The third-order valence-corrected chi connectivity index (χ3v) is 4.15. The van der Waals surface area contributed by atoms with Crippen LogP contribution in [0.3, 0.4) is 0 Å². The van der Waals surface area contributed by atoms with Crippen LogP contribution in [0.25, 0.3) is 0 Å². The Balaban J connectivity index is 1.77. The monoisotopic (exact) mass is 292 g/mol. The molecule has 0 radical (unpaired) electrons. The van der Waals surface area contributed by atoms with Gasteiger partial charge in [-0.25, -0.2) is 5.01 Å². The van der Waals surface area contributed by atoms with E-state index in [1.165, 1.54) is 0 Å². The first kappa shape index (κ1) is 13.1. The van der Waals surface area contributed by atoms with Crippen LogP contribution in [-0.4, -0.2) is 22.7 Å². The summed E-state index contributed by atoms with van der Waals surface area (Å²) in [6.45, 7) is 1.55. The smallest absolute Gasteiger partial charge is 0.246 e. The highest BCUT2D eigenvalue weighted by Crippen LogP contribution is 2.42. The quantitative estimate of drug-likeness (QED) is 0.854. The molecule has 0 saturated heterocycles. The van der Waals surface area contributed by atoms with Crippen molar-refractivity contribution in [1.82, 2.24) is 5.01 Å². The molecular weight excluding hydrogens is 276 g/mol. The number of Topliss-reactive ketones (excluding diaryl/α,β-unsaturated/α-hetero) is 1. The summed E-state index contributed by atoms with van der Waals surface area (Å²) in [5, 5.41) is 6.50. The van der Waals surface area contributed by atoms with Gasteiger partial charge >= 0.3 is 0 Å². The average molecular weight is 292 g/mol. The molecule has 22 heavy (non-hydrogen) atoms. The summed E-state index contributed by atoms with van der Waals surface area (Å²) in [4.78, 5) is 12.0. The van der Waals surface area contributed by atoms with Crippen LogP contribution in [0.2, 0.25) is 0 Å². The lowest BCUT2D eigenvalue weighted by Crippen LogP contribution is -2.44. The first-order valence-electron chi connectivity index (χ1n) is 7.41. The summed E-state index contributed by atoms with van der Waals surface area (Å²) >= 11 is 0. The number of nitrogens with zero attached hydrogens (tertiary/aromatic N) is 2. The van der Waals surface area contributed by atoms with Crippen molar-refractivity contribution in [2.24, 2.45) is 5.10 Å². The second-order valence-corrected chi connectivity index (χ2v) is 5.63. The summed E-state index contributed by atoms with van der Waals surface area (Å²) in [6.07, 6.45) is 0.148. The van der Waals surface area contributed by atoms with E-state index in [0.717, 1.165) is 29.0 Å². The maximum atomic E-state index is 12.0. The van der Waals surface area contributed by atoms with Crippen LogP contribution in [0, 0.1) is 0 Å². The normalized spacial score (nSPS) is 22.4. The Morgan fingerprint density at radius 1 is 1.14 bits per heavy atom. The van der Waals surface area contributed by atoms with Crippen LogP contribution in [-0.2, 0) is 4.79 Å². The van der Waals surface area contributed by atoms with E-state index in [1.54, 1.807) is 6.92 Å². The molecular formula is C18H16N2O2. The Kier molecular flexibility index (Phi) is 2.96. The van der Waals surface area contributed by atoms with E-state index in [-0.39, 0.29) is 11.8 Å². The van der Waals surface area contributed by atoms with Crippen LogP contribution in [0.4, 0.5) is 0 Å². The third-order valence-electron chi connectivity index (χ3n) is 4.15. The Morgan fingerprint density at radius 2 is 1.86 bits per heavy atom. The zero-order chi connectivity index (χ0) is 15.1. The maximum Gasteiger partial charge on any atom is 0.246 e. The molecule has 4 nitrogen and oxygen atoms in total. The number of para-hydroxylation sites is 1. The predicted octanol–water partition coefficient (Wildman–Crippen LogP) is 3.15. The third kappa shape index (κ3) is 1.99. The molecule has 0 aliphatic carbocycles. The average Bonchev–Trinajstić information content (AvgIpc) is 3.00. The zero-order valence-corrected chi connectivity index (χ0v) is 12.3. The predicted molar refractivity (Wildman–Crippen MR) is 83.7 cm³/mol. The number of hydrogen-bond acceptors (Lipinski definition) is 4. The van der Waals surface area contributed by atoms with Crippen LogP contribution in [0.5, 0.6) is 5.75 Å². The molecule has 0 fully saturated rings. The molecule has 0 aromatic heterocycles. The second-order valence-electron chi connectivity index (χ2n) is 5.63. The molecule has 0 unspecified atom stereocenters. The maximum absolute atomic E-state index is 12.0. The van der Waals surface area contributed by atoms with Crippen molar-refractivity contribution in [2.45, 2.75) is 25.6 Å². The van der Waals surface area contributed by atoms with Crippen molar-refractivity contribution < 1.29 is 9.53 Å². The van der Waals surface area contributed by atoms with Gasteiger partial charge in [0.25, 0.3) is 0 Å². The van der Waals surface area contributed by atoms with Gasteiger partial charge in [0.2, 0.25) is 6.23 Å². The fourth-order valence-corrected chi connectivity index (χ4v) is 3.11. The van der Waals surface area contributed by atoms with E-state index < -0.39 is 6.23 Å². The SMILES string of the molecule is CC(=O)[C@@H]1Oc2ccccc2[C@@H]2CC(c3ccccc3)=NN12. The van der Waals surface area contributed by atoms with E-state index in [0.29, 0.717) is 0 Å². The van der Waals surface area contributed by atoms with Crippen LogP contribution in [0.1, 0.15) is 30.5 Å². The van der Waals surface area contributed by atoms with E-state index in [4.69, 9.17) is 4.74 Å². The van der Waals surface area contributed by atoms with Crippen LogP contribution < -0.4 is 4.74 Å². The summed E-state index contributed by atoms with van der Waals surface area (Å²) in [7, 11) is 0. The Bertz CT molecular complexity index is 755. The number of ether oxygens (including phenoxy) is 1. The van der Waals surface area contributed by atoms with E-state index in [2.05, 4.69) is 5.10 Å². The van der Waals surface area contributed by atoms with Gasteiger partial charge in [-0.15, -0.1) is 0 Å². The van der Waals surface area contributed by atoms with Gasteiger partial charge in [0.15, 0.2) is 5.78 Å². The minimum Gasteiger partial charge on any atom is -0.461 e. The van der Waals surface area contributed by atoms with Crippen LogP contribution >= 0.6 is 0 Å². The fourth-order valence-electron chi connectivity index (χ4n) is 3.11. The summed E-state index contributed by atoms with van der Waals surface area (Å²) in [5.74, 6) is 0.756. The number of hydrogen-bond donors (Lipinski definition) is 0. The van der Waals surface area contributed by atoms with Gasteiger partial charge in [0, 0.05) is 18.9 Å². The molecule has 2 aliphatic rings. The molecule has 0 saturated carbocycles. The van der Waals surface area contributed by atoms with Crippen molar-refractivity contribution in [3.05, 3.63) is 65.7 Å². The molecule has 0 N–H and O–H groups in total. The van der Waals surface area contributed by atoms with E-state index in [9.17, 15) is 4.79 Å². The number of benzene rings is 2. The molecule has 2 aromatic carbocycles. The van der Waals surface area contributed by atoms with E-state index in [1.807, 2.05) is 59.6 Å². The molecule has 110 valence electrons. The molecule has 2 aromatic rings. The number of ketones is 1. The van der Waals surface area contributed by atoms with Crippen LogP contribution in [0.15, 0.2) is 59.7 Å². The standard InChI is InChI=1S/C18H16N2O2/c1-12(21)18-20-16(14-9-5-6-10-17(14)22-18)11-15(19-20)13-7-3-2-4-8-13/h2-10,16,18H,11H2,1H3/t16-,18-/m0/s1. The molecule has 0 bridgehead atoms. The molecule has 4 heteroatoms. The molecule has 2 heterocycles. The van der Waals surface area contributed by atoms with Gasteiger partial charge in [-0.2, -0.15) is 5.10 Å². The minimum absolute atomic E-state index is 0.0300. The number of fused-ring (bicyclic) bond motifs is 3. The van der Waals surface area contributed by atoms with Gasteiger partial charge < -0.3 is 4.74 Å². The number of hydrazone groups is 1. The summed E-state index contributed by atoms with van der Waals surface area (Å²) in [5.41, 5.74) is 3.18. The summed E-state index contributed by atoms with van der Waals surface area (Å²) < 4.78 is 5.86. The van der Waals surface area contributed by atoms with Crippen molar-refractivity contribution in [2.75, 3.05) is 0 Å². The lowest BCUT2D eigenvalue weighted by atomic mass is 9.96. The topological polar surface area (TPSA) is 41.9 Å². The minimum atomic E-state index is -0.638. The Labute approximate surface area is 129 Å². The van der Waals surface area contributed by atoms with Gasteiger partial charge in [-0.3, -0.25) is 4.79 Å². The number of carbonyl (C=O) groups is 1. The highest BCUT2D eigenvalue weighted by molar-refractivity contribution is 6.02. The Morgan fingerprint density at radius 3 is 2.64 bits per heavy atom. The van der Waals surface area contributed by atoms with Gasteiger partial charge in [-0.05, 0) is 11.6 Å². The molecule has 2 aliphatic heterocycles. The molecule has 0 amide bonds. The lowest BCUT2D eigenvalue weighted by Gasteiger charge is -2.36. The van der Waals surface area contributed by atoms with Crippen molar-refractivity contribution in [1.29, 1.82) is 0 Å². The highest BCUT2D eigenvalue weighted by atomic mass is 16.5. The van der Waals surface area contributed by atoms with E-state index >= 15 is 0 Å². The largest absolute Gasteiger partial charge is 0.461 e. The highest BCUT2D eigenvalue weighted by Gasteiger charge is 2.41.